The molecule has 143 heavy (non-hydrogen) atoms. The highest BCUT2D eigenvalue weighted by molar-refractivity contribution is 6.41. The molecule has 0 atom stereocenters. The Hall–Kier alpha value is -18.6. The highest BCUT2D eigenvalue weighted by Gasteiger charge is 2.37. The third-order valence-electron chi connectivity index (χ3n) is 30.5. The number of para-hydroxylation sites is 4. The minimum absolute atomic E-state index is 0.123. The molecule has 0 saturated carbocycles. The van der Waals surface area contributed by atoms with Crippen molar-refractivity contribution in [1.29, 1.82) is 0 Å². The van der Waals surface area contributed by atoms with Crippen LogP contribution in [0.3, 0.4) is 0 Å². The molecule has 30 rings (SSSR count). The first-order chi connectivity index (χ1) is 70.8. The Morgan fingerprint density at radius 2 is 0.552 bits per heavy atom. The maximum absolute atomic E-state index is 4.79. The van der Waals surface area contributed by atoms with Crippen molar-refractivity contribution in [3.63, 3.8) is 0 Å². The zero-order valence-electron chi connectivity index (χ0n) is 78.8. The van der Waals surface area contributed by atoms with Crippen molar-refractivity contribution in [2.24, 2.45) is 0 Å². The number of benzene rings is 25. The number of nitrogens with zero attached hydrogens (tertiary/aromatic N) is 5. The van der Waals surface area contributed by atoms with E-state index in [0.29, 0.717) is 0 Å². The van der Waals surface area contributed by atoms with Gasteiger partial charge in [0.2, 0.25) is 0 Å². The van der Waals surface area contributed by atoms with Crippen molar-refractivity contribution in [3.05, 3.63) is 527 Å². The van der Waals surface area contributed by atoms with E-state index in [4.69, 9.17) is 4.98 Å². The quantitative estimate of drug-likeness (QED) is 0.128. The van der Waals surface area contributed by atoms with Crippen molar-refractivity contribution in [3.8, 4) is 72.8 Å². The van der Waals surface area contributed by atoms with Gasteiger partial charge < -0.3 is 14.0 Å². The Balaban J connectivity index is 0.000000114. The van der Waals surface area contributed by atoms with Crippen LogP contribution in [0.1, 0.15) is 25.0 Å². The Bertz CT molecular complexity index is 9930. The highest BCUT2D eigenvalue weighted by Crippen LogP contribution is 2.55. The van der Waals surface area contributed by atoms with Gasteiger partial charge in [-0.25, -0.2) is 4.98 Å². The molecule has 0 bridgehead atoms. The topological polar surface area (TPSA) is 30.9 Å². The summed E-state index contributed by atoms with van der Waals surface area (Å²) in [7, 11) is 0. The van der Waals surface area contributed by atoms with Crippen LogP contribution in [0, 0.1) is 0 Å². The van der Waals surface area contributed by atoms with Crippen LogP contribution in [0.4, 0.5) is 17.1 Å². The lowest BCUT2D eigenvalue weighted by Gasteiger charge is -2.28. The summed E-state index contributed by atoms with van der Waals surface area (Å²) >= 11 is 0. The maximum atomic E-state index is 4.79. The summed E-state index contributed by atoms with van der Waals surface area (Å²) in [5, 5.41) is 33.1. The van der Waals surface area contributed by atoms with Crippen LogP contribution in [-0.2, 0) is 5.41 Å². The molecule has 0 unspecified atom stereocenters. The number of rotatable bonds is 10. The molecule has 4 heterocycles. The van der Waals surface area contributed by atoms with E-state index in [1.165, 1.54) is 251 Å². The molecule has 0 amide bonds. The largest absolute Gasteiger partial charge is 0.310 e. The number of aromatic nitrogens is 4. The Kier molecular flexibility index (Phi) is 19.3. The molecule has 0 saturated heterocycles. The average Bonchev–Trinajstić information content (AvgIpc) is 1.59. The fourth-order valence-corrected chi connectivity index (χ4v) is 24.2. The second-order valence-electron chi connectivity index (χ2n) is 38.5. The normalized spacial score (nSPS) is 12.3. The molecule has 0 fully saturated rings. The Labute approximate surface area is 826 Å². The molecule has 5 nitrogen and oxygen atoms in total. The van der Waals surface area contributed by atoms with Gasteiger partial charge >= 0.3 is 0 Å². The van der Waals surface area contributed by atoms with E-state index in [2.05, 4.69) is 536 Å². The van der Waals surface area contributed by atoms with Gasteiger partial charge in [-0.15, -0.1) is 0 Å². The molecular formula is C138H91N5. The summed E-state index contributed by atoms with van der Waals surface area (Å²) < 4.78 is 7.29. The lowest BCUT2D eigenvalue weighted by molar-refractivity contribution is 0.660. The van der Waals surface area contributed by atoms with E-state index in [-0.39, 0.29) is 5.41 Å². The Morgan fingerprint density at radius 3 is 1.05 bits per heavy atom. The summed E-state index contributed by atoms with van der Waals surface area (Å²) in [6, 6.07) is 186. The monoisotopic (exact) mass is 1820 g/mol. The minimum atomic E-state index is -0.123. The standard InChI is InChI=1S/C67H46N2.C36H23N.C35H22N2/c1-67(2)61-29-14-12-25-54(61)55-38-37-51(41-62(55)67)68(49-22-16-21-47(39-49)43-17-4-3-5-18-43)48-34-32-45(33-35-48)59-42-60-53-24-9-11-27-57(53)66-65(64(60)56-26-10-8-23-52(56)59)58-28-13-15-30-63(58)69(66)50-36-31-44-19-6-7-20-46(44)40-50;1-3-13-24(14-4-1)31-23-32-27-18-8-10-20-29(27)36-35(34(32)28-19-9-7-17-26(28)31)30-21-11-12-22-33(30)37(36)25-15-5-2-6-16-25;1-2-12-23(13-3-1)29-22-30-25-15-5-7-17-27(25)35-34(33(30)26-16-6-4-14-24(26)29)28-18-8-9-19-31(28)37(35)32-20-10-11-21-36-32/h3-42H,1-2H3;1-23H;1-22H. The van der Waals surface area contributed by atoms with E-state index < -0.39 is 0 Å². The van der Waals surface area contributed by atoms with Crippen molar-refractivity contribution < 1.29 is 0 Å². The van der Waals surface area contributed by atoms with Gasteiger partial charge in [0, 0.05) is 105 Å². The molecule has 0 spiro atoms. The van der Waals surface area contributed by atoms with Crippen LogP contribution in [0.5, 0.6) is 0 Å². The third kappa shape index (κ3) is 13.1. The van der Waals surface area contributed by atoms with E-state index in [1.54, 1.807) is 0 Å². The molecule has 1 aliphatic rings. The maximum Gasteiger partial charge on any atom is 0.137 e. The molecule has 4 aromatic heterocycles. The number of anilines is 3. The first-order valence-corrected chi connectivity index (χ1v) is 49.5. The van der Waals surface area contributed by atoms with Gasteiger partial charge in [-0.3, -0.25) is 4.57 Å². The van der Waals surface area contributed by atoms with Crippen LogP contribution in [-0.4, -0.2) is 18.7 Å². The number of pyridine rings is 1. The first-order valence-electron chi connectivity index (χ1n) is 49.5. The van der Waals surface area contributed by atoms with Crippen LogP contribution >= 0.6 is 0 Å². The lowest BCUT2D eigenvalue weighted by atomic mass is 9.82. The van der Waals surface area contributed by atoms with Crippen molar-refractivity contribution in [1.82, 2.24) is 18.7 Å². The second-order valence-corrected chi connectivity index (χ2v) is 38.5. The van der Waals surface area contributed by atoms with Gasteiger partial charge in [0.05, 0.1) is 33.1 Å². The van der Waals surface area contributed by atoms with Gasteiger partial charge in [0.15, 0.2) is 0 Å². The molecule has 0 N–H and O–H groups in total. The number of hydrogen-bond donors (Lipinski definition) is 0. The summed E-state index contributed by atoms with van der Waals surface area (Å²) in [4.78, 5) is 7.22. The van der Waals surface area contributed by atoms with E-state index in [9.17, 15) is 0 Å². The van der Waals surface area contributed by atoms with Crippen LogP contribution < -0.4 is 4.90 Å². The summed E-state index contributed by atoms with van der Waals surface area (Å²) in [5.41, 5.74) is 28.1. The fourth-order valence-electron chi connectivity index (χ4n) is 24.2. The molecule has 0 aliphatic heterocycles. The molecule has 29 aromatic rings. The molecular weight excluding hydrogens is 1730 g/mol. The molecule has 0 radical (unpaired) electrons. The van der Waals surface area contributed by atoms with Gasteiger partial charge in [-0.1, -0.05) is 414 Å². The van der Waals surface area contributed by atoms with Crippen molar-refractivity contribution in [2.45, 2.75) is 19.3 Å². The molecule has 5 heteroatoms. The predicted molar refractivity (Wildman–Crippen MR) is 609 cm³/mol. The number of hydrogen-bond acceptors (Lipinski definition) is 2. The predicted octanol–water partition coefficient (Wildman–Crippen LogP) is 37.7. The van der Waals surface area contributed by atoms with Crippen molar-refractivity contribution in [2.75, 3.05) is 4.90 Å². The summed E-state index contributed by atoms with van der Waals surface area (Å²) in [6.45, 7) is 4.73. The second kappa shape index (κ2) is 33.4. The first kappa shape index (κ1) is 82.7. The summed E-state index contributed by atoms with van der Waals surface area (Å²) in [6.07, 6.45) is 1.88. The lowest BCUT2D eigenvalue weighted by Crippen LogP contribution is -2.16. The van der Waals surface area contributed by atoms with Crippen LogP contribution in [0.2, 0.25) is 0 Å². The zero-order valence-corrected chi connectivity index (χ0v) is 78.8. The van der Waals surface area contributed by atoms with E-state index in [1.807, 2.05) is 12.3 Å². The third-order valence-corrected chi connectivity index (χ3v) is 30.5. The van der Waals surface area contributed by atoms with Gasteiger partial charge in [0.25, 0.3) is 0 Å². The zero-order chi connectivity index (χ0) is 94.5. The molecule has 25 aromatic carbocycles. The molecule has 1 aliphatic carbocycles. The molecule has 668 valence electrons. The SMILES string of the molecule is CC1(C)c2ccccc2-c2ccc(N(c3ccc(-c4cc5c6ccccc6c6c(c7ccccc7n6-c6ccc7ccccc7c6)c5c5ccccc45)cc3)c3cccc(-c4ccccc4)c3)cc21.c1ccc(-c2cc3c4ccccc4c4c(c5ccccc5n4-c4ccccc4)c3c3ccccc23)cc1.c1ccc(-c2cc3c4ccccc4c4c(c5ccccc5n4-c4ccccn4)c3c3ccccc23)cc1. The minimum Gasteiger partial charge on any atom is -0.310 e. The van der Waals surface area contributed by atoms with Crippen molar-refractivity contribution >= 4 is 190 Å². The van der Waals surface area contributed by atoms with Gasteiger partial charge in [-0.2, -0.15) is 0 Å². The highest BCUT2D eigenvalue weighted by atomic mass is 15.1. The van der Waals surface area contributed by atoms with E-state index >= 15 is 0 Å². The van der Waals surface area contributed by atoms with Gasteiger partial charge in [-0.05, 0) is 251 Å². The van der Waals surface area contributed by atoms with Crippen LogP contribution in [0.25, 0.3) is 246 Å². The average molecular weight is 1820 g/mol. The van der Waals surface area contributed by atoms with E-state index in [0.717, 1.165) is 22.9 Å². The Morgan fingerprint density at radius 1 is 0.189 bits per heavy atom. The fraction of sp³-hybridized carbons (Fsp3) is 0.0217. The smallest absolute Gasteiger partial charge is 0.137 e. The van der Waals surface area contributed by atoms with Gasteiger partial charge in [0.1, 0.15) is 5.82 Å². The summed E-state index contributed by atoms with van der Waals surface area (Å²) in [5.74, 6) is 0.934. The number of fused-ring (bicyclic) bond motifs is 34. The van der Waals surface area contributed by atoms with Crippen LogP contribution in [0.15, 0.2) is 516 Å².